The Morgan fingerprint density at radius 1 is 1.47 bits per heavy atom. The van der Waals surface area contributed by atoms with Crippen LogP contribution in [0.25, 0.3) is 11.0 Å². The van der Waals surface area contributed by atoms with E-state index < -0.39 is 12.0 Å². The van der Waals surface area contributed by atoms with Crippen LogP contribution in [0.1, 0.15) is 6.92 Å². The van der Waals surface area contributed by atoms with Crippen LogP contribution in [-0.4, -0.2) is 12.0 Å². The van der Waals surface area contributed by atoms with Crippen molar-refractivity contribution < 1.29 is 13.9 Å². The second kappa shape index (κ2) is 3.74. The van der Waals surface area contributed by atoms with Crippen LogP contribution in [0.15, 0.2) is 34.7 Å². The number of carbonyl (C=O) groups excluding carboxylic acids is 1. The minimum atomic E-state index is -0.654. The summed E-state index contributed by atoms with van der Waals surface area (Å²) in [5.74, 6) is -0.326. The van der Waals surface area contributed by atoms with E-state index in [1.165, 1.54) is 0 Å². The number of fused-ring (bicyclic) bond motifs is 1. The van der Waals surface area contributed by atoms with E-state index in [1.54, 1.807) is 19.1 Å². The lowest BCUT2D eigenvalue weighted by atomic mass is 10.3. The van der Waals surface area contributed by atoms with Gasteiger partial charge in [0, 0.05) is 11.5 Å². The number of nitrogens with two attached hydrogens (primary N) is 1. The molecule has 2 aromatic rings. The Morgan fingerprint density at radius 2 is 2.20 bits per heavy atom. The van der Waals surface area contributed by atoms with E-state index in [1.807, 2.05) is 18.2 Å². The van der Waals surface area contributed by atoms with Crippen molar-refractivity contribution in [3.63, 3.8) is 0 Å². The first-order chi connectivity index (χ1) is 7.16. The topological polar surface area (TPSA) is 65.5 Å². The van der Waals surface area contributed by atoms with E-state index in [2.05, 4.69) is 0 Å². The highest BCUT2D eigenvalue weighted by atomic mass is 16.6. The van der Waals surface area contributed by atoms with Crippen molar-refractivity contribution >= 4 is 16.9 Å². The molecular weight excluding hydrogens is 194 g/mol. The summed E-state index contributed by atoms with van der Waals surface area (Å²) >= 11 is 0. The molecule has 0 spiro atoms. The number of carbonyl (C=O) groups is 1. The first-order valence-corrected chi connectivity index (χ1v) is 4.62. The van der Waals surface area contributed by atoms with E-state index >= 15 is 0 Å². The van der Waals surface area contributed by atoms with E-state index in [0.29, 0.717) is 5.58 Å². The zero-order valence-corrected chi connectivity index (χ0v) is 8.27. The van der Waals surface area contributed by atoms with Crippen LogP contribution in [0.3, 0.4) is 0 Å². The fourth-order valence-electron chi connectivity index (χ4n) is 1.20. The maximum Gasteiger partial charge on any atom is 0.330 e. The Morgan fingerprint density at radius 3 is 2.87 bits per heavy atom. The van der Waals surface area contributed by atoms with Gasteiger partial charge < -0.3 is 14.9 Å². The smallest absolute Gasteiger partial charge is 0.330 e. The zero-order chi connectivity index (χ0) is 10.8. The van der Waals surface area contributed by atoms with Gasteiger partial charge in [-0.2, -0.15) is 0 Å². The highest BCUT2D eigenvalue weighted by Crippen LogP contribution is 2.24. The number of hydrogen-bond donors (Lipinski definition) is 1. The predicted octanol–water partition coefficient (Wildman–Crippen LogP) is 1.69. The van der Waals surface area contributed by atoms with Crippen molar-refractivity contribution in [1.29, 1.82) is 0 Å². The molecular formula is C11H11NO3. The highest BCUT2D eigenvalue weighted by Gasteiger charge is 2.13. The SMILES string of the molecule is C[C@H](N)C(=O)Oc1cc2ccccc2o1. The lowest BCUT2D eigenvalue weighted by Gasteiger charge is -2.01. The van der Waals surface area contributed by atoms with Crippen LogP contribution in [-0.2, 0) is 4.79 Å². The third-order valence-corrected chi connectivity index (χ3v) is 1.98. The lowest BCUT2D eigenvalue weighted by molar-refractivity contribution is -0.136. The molecule has 0 aliphatic rings. The molecule has 78 valence electrons. The molecule has 0 amide bonds. The minimum Gasteiger partial charge on any atom is -0.425 e. The first kappa shape index (κ1) is 9.73. The summed E-state index contributed by atoms with van der Waals surface area (Å²) in [5.41, 5.74) is 6.05. The summed E-state index contributed by atoms with van der Waals surface area (Å²) in [7, 11) is 0. The number of benzene rings is 1. The molecule has 1 atom stereocenters. The fraction of sp³-hybridized carbons (Fsp3) is 0.182. The normalized spacial score (nSPS) is 12.7. The molecule has 0 bridgehead atoms. The van der Waals surface area contributed by atoms with Crippen LogP contribution >= 0.6 is 0 Å². The van der Waals surface area contributed by atoms with Gasteiger partial charge in [-0.3, -0.25) is 0 Å². The molecule has 0 saturated heterocycles. The number of para-hydroxylation sites is 1. The van der Waals surface area contributed by atoms with Gasteiger partial charge in [-0.05, 0) is 13.0 Å². The molecule has 0 radical (unpaired) electrons. The van der Waals surface area contributed by atoms with E-state index in [0.717, 1.165) is 5.39 Å². The molecule has 0 unspecified atom stereocenters. The van der Waals surface area contributed by atoms with E-state index in [4.69, 9.17) is 14.9 Å². The summed E-state index contributed by atoms with van der Waals surface area (Å²) in [5, 5.41) is 0.893. The van der Waals surface area contributed by atoms with Gasteiger partial charge >= 0.3 is 5.97 Å². The lowest BCUT2D eigenvalue weighted by Crippen LogP contribution is -2.30. The van der Waals surface area contributed by atoms with Gasteiger partial charge in [-0.25, -0.2) is 4.79 Å². The molecule has 0 aliphatic carbocycles. The Bertz CT molecular complexity index is 454. The van der Waals surface area contributed by atoms with Gasteiger partial charge in [-0.1, -0.05) is 18.2 Å². The van der Waals surface area contributed by atoms with E-state index in [9.17, 15) is 4.79 Å². The van der Waals surface area contributed by atoms with Crippen molar-refractivity contribution in [3.8, 4) is 5.95 Å². The van der Waals surface area contributed by atoms with Gasteiger partial charge in [0.25, 0.3) is 5.95 Å². The van der Waals surface area contributed by atoms with Crippen LogP contribution in [0.5, 0.6) is 5.95 Å². The summed E-state index contributed by atoms with van der Waals surface area (Å²) in [6, 6.07) is 8.42. The molecule has 2 rings (SSSR count). The number of ether oxygens (including phenoxy) is 1. The van der Waals surface area contributed by atoms with Crippen LogP contribution in [0.2, 0.25) is 0 Å². The number of furan rings is 1. The quantitative estimate of drug-likeness (QED) is 0.757. The molecule has 0 saturated carbocycles. The van der Waals surface area contributed by atoms with E-state index in [-0.39, 0.29) is 5.95 Å². The summed E-state index contributed by atoms with van der Waals surface area (Å²) in [6.07, 6.45) is 0. The molecule has 4 nitrogen and oxygen atoms in total. The van der Waals surface area contributed by atoms with Crippen LogP contribution < -0.4 is 10.5 Å². The van der Waals surface area contributed by atoms with Crippen molar-refractivity contribution in [2.75, 3.05) is 0 Å². The van der Waals surface area contributed by atoms with Gasteiger partial charge in [0.2, 0.25) is 0 Å². The predicted molar refractivity (Wildman–Crippen MR) is 55.5 cm³/mol. The molecule has 2 N–H and O–H groups in total. The van der Waals surface area contributed by atoms with Gasteiger partial charge in [-0.15, -0.1) is 0 Å². The Labute approximate surface area is 86.6 Å². The highest BCUT2D eigenvalue weighted by molar-refractivity contribution is 5.81. The average molecular weight is 205 g/mol. The molecule has 0 aliphatic heterocycles. The Balaban J connectivity index is 2.26. The van der Waals surface area contributed by atoms with Crippen molar-refractivity contribution in [2.24, 2.45) is 5.73 Å². The van der Waals surface area contributed by atoms with Gasteiger partial charge in [0.1, 0.15) is 11.6 Å². The Kier molecular flexibility index (Phi) is 2.43. The average Bonchev–Trinajstić information content (AvgIpc) is 2.59. The van der Waals surface area contributed by atoms with Gasteiger partial charge in [0.15, 0.2) is 0 Å². The third-order valence-electron chi connectivity index (χ3n) is 1.98. The summed E-state index contributed by atoms with van der Waals surface area (Å²) in [6.45, 7) is 1.56. The molecule has 1 aromatic carbocycles. The maximum atomic E-state index is 11.2. The van der Waals surface area contributed by atoms with Crippen molar-refractivity contribution in [3.05, 3.63) is 30.3 Å². The largest absolute Gasteiger partial charge is 0.425 e. The van der Waals surface area contributed by atoms with Crippen LogP contribution in [0, 0.1) is 0 Å². The molecule has 1 aromatic heterocycles. The second-order valence-corrected chi connectivity index (χ2v) is 3.31. The van der Waals surface area contributed by atoms with Crippen molar-refractivity contribution in [2.45, 2.75) is 13.0 Å². The molecule has 4 heteroatoms. The Hall–Kier alpha value is -1.81. The van der Waals surface area contributed by atoms with Gasteiger partial charge in [0.05, 0.1) is 0 Å². The minimum absolute atomic E-state index is 0.179. The monoisotopic (exact) mass is 205 g/mol. The molecule has 0 fully saturated rings. The van der Waals surface area contributed by atoms with Crippen LogP contribution in [0.4, 0.5) is 0 Å². The second-order valence-electron chi connectivity index (χ2n) is 3.31. The number of rotatable bonds is 2. The number of esters is 1. The maximum absolute atomic E-state index is 11.2. The zero-order valence-electron chi connectivity index (χ0n) is 8.27. The molecule has 15 heavy (non-hydrogen) atoms. The first-order valence-electron chi connectivity index (χ1n) is 4.62. The van der Waals surface area contributed by atoms with Crippen molar-refractivity contribution in [1.82, 2.24) is 0 Å². The molecule has 1 heterocycles. The summed E-state index contributed by atoms with van der Waals surface area (Å²) < 4.78 is 10.2. The number of hydrogen-bond acceptors (Lipinski definition) is 4. The third kappa shape index (κ3) is 1.99. The fourth-order valence-corrected chi connectivity index (χ4v) is 1.20. The summed E-state index contributed by atoms with van der Waals surface area (Å²) in [4.78, 5) is 11.2. The standard InChI is InChI=1S/C11H11NO3/c1-7(12)11(13)15-10-6-8-4-2-3-5-9(8)14-10/h2-7H,12H2,1H3/t7-/m0/s1.